The van der Waals surface area contributed by atoms with Crippen molar-refractivity contribution in [2.75, 3.05) is 5.75 Å². The molecule has 0 aliphatic heterocycles. The van der Waals surface area contributed by atoms with E-state index in [4.69, 9.17) is 0 Å². The molecular formula is C20H21N5OS. The van der Waals surface area contributed by atoms with E-state index >= 15 is 0 Å². The van der Waals surface area contributed by atoms with Gasteiger partial charge in [-0.15, -0.1) is 16.8 Å². The van der Waals surface area contributed by atoms with Gasteiger partial charge in [-0.2, -0.15) is 0 Å². The normalized spacial score (nSPS) is 10.6. The van der Waals surface area contributed by atoms with E-state index in [1.165, 1.54) is 17.3 Å². The van der Waals surface area contributed by atoms with Gasteiger partial charge in [0.1, 0.15) is 0 Å². The fraction of sp³-hybridized carbons (Fsp3) is 0.200. The summed E-state index contributed by atoms with van der Waals surface area (Å²) in [7, 11) is 0. The molecule has 0 aliphatic rings. The molecule has 0 spiro atoms. The summed E-state index contributed by atoms with van der Waals surface area (Å²) in [5.41, 5.74) is 3.20. The van der Waals surface area contributed by atoms with E-state index < -0.39 is 0 Å². The highest BCUT2D eigenvalue weighted by atomic mass is 32.2. The van der Waals surface area contributed by atoms with E-state index in [0.29, 0.717) is 18.2 Å². The molecule has 0 unspecified atom stereocenters. The summed E-state index contributed by atoms with van der Waals surface area (Å²) in [6, 6.07) is 11.9. The molecule has 0 fully saturated rings. The quantitative estimate of drug-likeness (QED) is 0.480. The van der Waals surface area contributed by atoms with Crippen LogP contribution in [-0.2, 0) is 17.9 Å². The molecule has 1 N–H and O–H groups in total. The zero-order chi connectivity index (χ0) is 19.1. The van der Waals surface area contributed by atoms with Crippen LogP contribution in [-0.4, -0.2) is 31.4 Å². The molecule has 138 valence electrons. The van der Waals surface area contributed by atoms with Gasteiger partial charge < -0.3 is 5.32 Å². The lowest BCUT2D eigenvalue weighted by Gasteiger charge is -2.08. The van der Waals surface area contributed by atoms with E-state index in [9.17, 15) is 4.79 Å². The van der Waals surface area contributed by atoms with Crippen LogP contribution in [0.25, 0.3) is 11.4 Å². The maximum absolute atomic E-state index is 12.2. The molecule has 0 aliphatic carbocycles. The number of carbonyl (C=O) groups is 1. The number of aromatic nitrogens is 4. The molecule has 2 aromatic heterocycles. The van der Waals surface area contributed by atoms with E-state index in [-0.39, 0.29) is 11.7 Å². The van der Waals surface area contributed by atoms with Crippen LogP contribution >= 0.6 is 11.8 Å². The largest absolute Gasteiger partial charge is 0.351 e. The van der Waals surface area contributed by atoms with Gasteiger partial charge in [0.15, 0.2) is 11.0 Å². The lowest BCUT2D eigenvalue weighted by Crippen LogP contribution is -2.24. The van der Waals surface area contributed by atoms with Crippen molar-refractivity contribution in [3.8, 4) is 11.4 Å². The highest BCUT2D eigenvalue weighted by Gasteiger charge is 2.14. The number of carbonyl (C=O) groups excluding carboxylic acids is 1. The third kappa shape index (κ3) is 5.04. The fourth-order valence-corrected chi connectivity index (χ4v) is 3.27. The Balaban J connectivity index is 1.61. The van der Waals surface area contributed by atoms with Crippen molar-refractivity contribution < 1.29 is 4.79 Å². The number of rotatable bonds is 8. The van der Waals surface area contributed by atoms with Crippen LogP contribution in [0.3, 0.4) is 0 Å². The van der Waals surface area contributed by atoms with Crippen molar-refractivity contribution in [1.82, 2.24) is 25.1 Å². The van der Waals surface area contributed by atoms with E-state index in [1.54, 1.807) is 18.5 Å². The number of benzene rings is 1. The predicted molar refractivity (Wildman–Crippen MR) is 107 cm³/mol. The highest BCUT2D eigenvalue weighted by molar-refractivity contribution is 7.99. The van der Waals surface area contributed by atoms with Crippen molar-refractivity contribution in [3.05, 3.63) is 72.6 Å². The molecule has 0 saturated carbocycles. The molecule has 0 saturated heterocycles. The number of hydrogen-bond acceptors (Lipinski definition) is 5. The Kier molecular flexibility index (Phi) is 6.38. The molecule has 1 amide bonds. The van der Waals surface area contributed by atoms with Gasteiger partial charge in [0, 0.05) is 31.0 Å². The second kappa shape index (κ2) is 9.14. The first-order valence-corrected chi connectivity index (χ1v) is 9.55. The topological polar surface area (TPSA) is 72.7 Å². The van der Waals surface area contributed by atoms with Crippen molar-refractivity contribution in [2.45, 2.75) is 25.2 Å². The van der Waals surface area contributed by atoms with Gasteiger partial charge >= 0.3 is 0 Å². The van der Waals surface area contributed by atoms with Crippen LogP contribution in [0.2, 0.25) is 0 Å². The average molecular weight is 379 g/mol. The van der Waals surface area contributed by atoms with Crippen molar-refractivity contribution >= 4 is 17.7 Å². The Morgan fingerprint density at radius 1 is 1.19 bits per heavy atom. The third-order valence-corrected chi connectivity index (χ3v) is 4.88. The van der Waals surface area contributed by atoms with Gasteiger partial charge in [-0.05, 0) is 24.6 Å². The second-order valence-electron chi connectivity index (χ2n) is 5.99. The van der Waals surface area contributed by atoms with Crippen LogP contribution in [0.5, 0.6) is 0 Å². The summed E-state index contributed by atoms with van der Waals surface area (Å²) >= 11 is 1.36. The van der Waals surface area contributed by atoms with Gasteiger partial charge in [0.25, 0.3) is 0 Å². The first kappa shape index (κ1) is 18.8. The fourth-order valence-electron chi connectivity index (χ4n) is 2.49. The molecule has 3 rings (SSSR count). The number of amides is 1. The molecule has 0 radical (unpaired) electrons. The number of hydrogen-bond donors (Lipinski definition) is 1. The number of thioether (sulfide) groups is 1. The maximum atomic E-state index is 12.2. The molecule has 1 aromatic carbocycles. The summed E-state index contributed by atoms with van der Waals surface area (Å²) < 4.78 is 1.94. The van der Waals surface area contributed by atoms with Gasteiger partial charge in [-0.25, -0.2) is 0 Å². The Morgan fingerprint density at radius 2 is 1.93 bits per heavy atom. The zero-order valence-electron chi connectivity index (χ0n) is 15.1. The van der Waals surface area contributed by atoms with Crippen molar-refractivity contribution in [3.63, 3.8) is 0 Å². The van der Waals surface area contributed by atoms with Crippen LogP contribution in [0, 0.1) is 6.92 Å². The lowest BCUT2D eigenvalue weighted by atomic mass is 10.1. The average Bonchev–Trinajstić information content (AvgIpc) is 3.09. The summed E-state index contributed by atoms with van der Waals surface area (Å²) in [5, 5.41) is 12.1. The minimum absolute atomic E-state index is 0.0424. The monoisotopic (exact) mass is 379 g/mol. The standard InChI is InChI=1S/C20H21N5OS/c1-3-12-25-19(17-8-10-21-11-9-17)23-24-20(25)27-14-18(26)22-13-16-6-4-15(2)5-7-16/h3-11H,1,12-14H2,2H3,(H,22,26). The first-order valence-electron chi connectivity index (χ1n) is 8.57. The van der Waals surface area contributed by atoms with E-state index in [0.717, 1.165) is 17.0 Å². The highest BCUT2D eigenvalue weighted by Crippen LogP contribution is 2.23. The van der Waals surface area contributed by atoms with Crippen molar-refractivity contribution in [1.29, 1.82) is 0 Å². The van der Waals surface area contributed by atoms with E-state index in [2.05, 4.69) is 27.1 Å². The zero-order valence-corrected chi connectivity index (χ0v) is 15.9. The summed E-state index contributed by atoms with van der Waals surface area (Å²) in [4.78, 5) is 16.2. The van der Waals surface area contributed by atoms with Gasteiger partial charge in [-0.1, -0.05) is 47.7 Å². The predicted octanol–water partition coefficient (Wildman–Crippen LogP) is 3.24. The van der Waals surface area contributed by atoms with Gasteiger partial charge in [0.2, 0.25) is 5.91 Å². The summed E-state index contributed by atoms with van der Waals surface area (Å²) in [5.74, 6) is 0.969. The molecule has 7 heteroatoms. The number of aryl methyl sites for hydroxylation is 1. The van der Waals surface area contributed by atoms with Crippen LogP contribution in [0.15, 0.2) is 66.6 Å². The molecule has 0 atom stereocenters. The van der Waals surface area contributed by atoms with Crippen LogP contribution in [0.1, 0.15) is 11.1 Å². The SMILES string of the molecule is C=CCn1c(SCC(=O)NCc2ccc(C)cc2)nnc1-c1ccncc1. The molecule has 3 aromatic rings. The third-order valence-electron chi connectivity index (χ3n) is 3.91. The number of nitrogens with zero attached hydrogens (tertiary/aromatic N) is 4. The Bertz CT molecular complexity index is 906. The smallest absolute Gasteiger partial charge is 0.230 e. The van der Waals surface area contributed by atoms with E-state index in [1.807, 2.05) is 47.9 Å². The lowest BCUT2D eigenvalue weighted by molar-refractivity contribution is -0.118. The van der Waals surface area contributed by atoms with Crippen molar-refractivity contribution in [2.24, 2.45) is 0 Å². The Hall–Kier alpha value is -2.93. The van der Waals surface area contributed by atoms with Gasteiger partial charge in [-0.3, -0.25) is 14.3 Å². The number of nitrogens with one attached hydrogen (secondary N) is 1. The van der Waals surface area contributed by atoms with Crippen LogP contribution < -0.4 is 5.32 Å². The molecule has 2 heterocycles. The molecule has 6 nitrogen and oxygen atoms in total. The second-order valence-corrected chi connectivity index (χ2v) is 6.93. The maximum Gasteiger partial charge on any atom is 0.230 e. The summed E-state index contributed by atoms with van der Waals surface area (Å²) in [6.45, 7) is 6.92. The number of pyridine rings is 1. The number of allylic oxidation sites excluding steroid dienone is 1. The minimum atomic E-state index is -0.0424. The summed E-state index contributed by atoms with van der Waals surface area (Å²) in [6.07, 6.45) is 5.22. The Morgan fingerprint density at radius 3 is 2.63 bits per heavy atom. The first-order chi connectivity index (χ1) is 13.2. The molecule has 27 heavy (non-hydrogen) atoms. The Labute approximate surface area is 162 Å². The molecule has 0 bridgehead atoms. The van der Waals surface area contributed by atoms with Gasteiger partial charge in [0.05, 0.1) is 5.75 Å². The van der Waals surface area contributed by atoms with Crippen LogP contribution in [0.4, 0.5) is 0 Å². The minimum Gasteiger partial charge on any atom is -0.351 e. The molecular weight excluding hydrogens is 358 g/mol.